The van der Waals surface area contributed by atoms with Gasteiger partial charge in [0, 0.05) is 20.9 Å². The number of rotatable bonds is 2. The molecule has 18 heavy (non-hydrogen) atoms. The summed E-state index contributed by atoms with van der Waals surface area (Å²) in [5, 5.41) is 4.10. The van der Waals surface area contributed by atoms with E-state index in [0.29, 0.717) is 0 Å². The minimum Gasteiger partial charge on any atom is -0.355 e. The molecule has 3 heteroatoms. The second-order valence-corrected chi connectivity index (χ2v) is 4.94. The van der Waals surface area contributed by atoms with Crippen LogP contribution in [0.5, 0.6) is 0 Å². The van der Waals surface area contributed by atoms with Gasteiger partial charge in [0.05, 0.1) is 0 Å². The molecule has 0 saturated heterocycles. The van der Waals surface area contributed by atoms with Crippen molar-refractivity contribution in [1.29, 1.82) is 0 Å². The molecule has 0 heterocycles. The minimum atomic E-state index is 0.747. The highest BCUT2D eigenvalue weighted by molar-refractivity contribution is 9.10. The maximum Gasteiger partial charge on any atom is 0.0425 e. The number of nitrogens with one attached hydrogen (secondary N) is 1. The van der Waals surface area contributed by atoms with Crippen LogP contribution in [0, 0.1) is 6.92 Å². The van der Waals surface area contributed by atoms with Crippen LogP contribution in [0.15, 0.2) is 46.9 Å². The van der Waals surface area contributed by atoms with Crippen molar-refractivity contribution in [3.63, 3.8) is 0 Å². The van der Waals surface area contributed by atoms with Crippen molar-refractivity contribution in [2.24, 2.45) is 0 Å². The van der Waals surface area contributed by atoms with Gasteiger partial charge in [-0.25, -0.2) is 0 Å². The first kappa shape index (κ1) is 15.1. The Morgan fingerprint density at radius 3 is 2.22 bits per heavy atom. The van der Waals surface area contributed by atoms with Crippen LogP contribution < -0.4 is 5.32 Å². The fourth-order valence-corrected chi connectivity index (χ4v) is 1.90. The molecule has 0 saturated carbocycles. The molecule has 0 aliphatic heterocycles. The van der Waals surface area contributed by atoms with E-state index in [4.69, 9.17) is 11.6 Å². The molecule has 2 rings (SSSR count). The molecule has 0 bridgehead atoms. The highest BCUT2D eigenvalue weighted by Crippen LogP contribution is 2.25. The normalized spacial score (nSPS) is 9.39. The zero-order valence-electron chi connectivity index (χ0n) is 10.8. The van der Waals surface area contributed by atoms with Crippen LogP contribution in [-0.4, -0.2) is 0 Å². The first-order chi connectivity index (χ1) is 8.65. The summed E-state index contributed by atoms with van der Waals surface area (Å²) in [6.45, 7) is 6.07. The molecule has 2 aromatic rings. The predicted octanol–water partition coefficient (Wildman–Crippen LogP) is 6.18. The van der Waals surface area contributed by atoms with Crippen molar-refractivity contribution in [3.05, 3.63) is 57.5 Å². The monoisotopic (exact) mass is 325 g/mol. The zero-order valence-corrected chi connectivity index (χ0v) is 13.1. The Kier molecular flexibility index (Phi) is 6.23. The van der Waals surface area contributed by atoms with Gasteiger partial charge in [-0.15, -0.1) is 0 Å². The summed E-state index contributed by atoms with van der Waals surface area (Å²) < 4.78 is 1.06. The van der Waals surface area contributed by atoms with Gasteiger partial charge < -0.3 is 5.32 Å². The summed E-state index contributed by atoms with van der Waals surface area (Å²) in [4.78, 5) is 0. The van der Waals surface area contributed by atoms with E-state index in [2.05, 4.69) is 40.3 Å². The molecule has 0 aliphatic carbocycles. The molecule has 2 aromatic carbocycles. The number of benzene rings is 2. The first-order valence-corrected chi connectivity index (χ1v) is 7.11. The fraction of sp³-hybridized carbons (Fsp3) is 0.200. The Morgan fingerprint density at radius 2 is 1.61 bits per heavy atom. The van der Waals surface area contributed by atoms with E-state index in [1.807, 2.05) is 44.2 Å². The van der Waals surface area contributed by atoms with Crippen LogP contribution in [0.4, 0.5) is 11.4 Å². The van der Waals surface area contributed by atoms with Crippen LogP contribution in [0.3, 0.4) is 0 Å². The van der Waals surface area contributed by atoms with E-state index in [1.54, 1.807) is 0 Å². The molecule has 1 N–H and O–H groups in total. The van der Waals surface area contributed by atoms with Crippen molar-refractivity contribution in [1.82, 2.24) is 0 Å². The van der Waals surface area contributed by atoms with Gasteiger partial charge >= 0.3 is 0 Å². The summed E-state index contributed by atoms with van der Waals surface area (Å²) in [7, 11) is 0. The van der Waals surface area contributed by atoms with Crippen molar-refractivity contribution < 1.29 is 0 Å². The topological polar surface area (TPSA) is 12.0 Å². The second-order valence-electron chi connectivity index (χ2n) is 3.59. The molecule has 1 nitrogen and oxygen atoms in total. The molecule has 0 spiro atoms. The van der Waals surface area contributed by atoms with Crippen molar-refractivity contribution in [2.45, 2.75) is 20.8 Å². The molecule has 0 atom stereocenters. The molecule has 0 fully saturated rings. The summed E-state index contributed by atoms with van der Waals surface area (Å²) in [6, 6.07) is 13.8. The molecule has 0 radical (unpaired) electrons. The average Bonchev–Trinajstić information content (AvgIpc) is 2.39. The molecular formula is C15H17BrClN. The quantitative estimate of drug-likeness (QED) is 0.694. The van der Waals surface area contributed by atoms with Gasteiger partial charge in [-0.1, -0.05) is 47.4 Å². The Hall–Kier alpha value is -0.990. The van der Waals surface area contributed by atoms with Crippen LogP contribution >= 0.6 is 27.5 Å². The lowest BCUT2D eigenvalue weighted by Gasteiger charge is -2.10. The van der Waals surface area contributed by atoms with Gasteiger partial charge in [0.15, 0.2) is 0 Å². The third kappa shape index (κ3) is 4.35. The van der Waals surface area contributed by atoms with Crippen molar-refractivity contribution in [3.8, 4) is 0 Å². The van der Waals surface area contributed by atoms with Crippen LogP contribution in [0.1, 0.15) is 19.4 Å². The van der Waals surface area contributed by atoms with Gasteiger partial charge in [-0.2, -0.15) is 0 Å². The van der Waals surface area contributed by atoms with Crippen LogP contribution in [0.2, 0.25) is 5.02 Å². The molecule has 0 unspecified atom stereocenters. The molecule has 0 aliphatic rings. The standard InChI is InChI=1S/C13H11BrClN.C2H6/c1-9-2-3-10(14)8-13(9)16-12-6-4-11(15)5-7-12;1-2/h2-8,16H,1H3;1-2H3. The molecule has 0 aromatic heterocycles. The summed E-state index contributed by atoms with van der Waals surface area (Å²) in [5.41, 5.74) is 3.33. The number of hydrogen-bond acceptors (Lipinski definition) is 1. The number of anilines is 2. The molecule has 0 amide bonds. The first-order valence-electron chi connectivity index (χ1n) is 5.94. The smallest absolute Gasteiger partial charge is 0.0425 e. The SMILES string of the molecule is CC.Cc1ccc(Br)cc1Nc1ccc(Cl)cc1. The van der Waals surface area contributed by atoms with Crippen LogP contribution in [0.25, 0.3) is 0 Å². The average molecular weight is 327 g/mol. The third-order valence-electron chi connectivity index (χ3n) is 2.32. The van der Waals surface area contributed by atoms with Crippen molar-refractivity contribution >= 4 is 38.9 Å². The summed E-state index contributed by atoms with van der Waals surface area (Å²) in [6.07, 6.45) is 0. The van der Waals surface area contributed by atoms with E-state index in [-0.39, 0.29) is 0 Å². The highest BCUT2D eigenvalue weighted by atomic mass is 79.9. The Bertz CT molecular complexity index is 494. The minimum absolute atomic E-state index is 0.747. The maximum absolute atomic E-state index is 5.84. The molecular weight excluding hydrogens is 310 g/mol. The largest absolute Gasteiger partial charge is 0.355 e. The number of aryl methyl sites for hydroxylation is 1. The van der Waals surface area contributed by atoms with E-state index >= 15 is 0 Å². The van der Waals surface area contributed by atoms with E-state index in [0.717, 1.165) is 20.9 Å². The van der Waals surface area contributed by atoms with E-state index < -0.39 is 0 Å². The Morgan fingerprint density at radius 1 is 1.00 bits per heavy atom. The van der Waals surface area contributed by atoms with Gasteiger partial charge in [-0.3, -0.25) is 0 Å². The van der Waals surface area contributed by atoms with E-state index in [1.165, 1.54) is 5.56 Å². The fourth-order valence-electron chi connectivity index (χ4n) is 1.42. The highest BCUT2D eigenvalue weighted by Gasteiger charge is 1.99. The lowest BCUT2D eigenvalue weighted by atomic mass is 10.2. The second kappa shape index (κ2) is 7.45. The predicted molar refractivity (Wildman–Crippen MR) is 85.0 cm³/mol. The number of halogens is 2. The van der Waals surface area contributed by atoms with Gasteiger partial charge in [-0.05, 0) is 48.9 Å². The number of hydrogen-bond donors (Lipinski definition) is 1. The van der Waals surface area contributed by atoms with Crippen molar-refractivity contribution in [2.75, 3.05) is 5.32 Å². The maximum atomic E-state index is 5.84. The Labute approximate surface area is 122 Å². The third-order valence-corrected chi connectivity index (χ3v) is 3.07. The van der Waals surface area contributed by atoms with Gasteiger partial charge in [0.2, 0.25) is 0 Å². The summed E-state index contributed by atoms with van der Waals surface area (Å²) >= 11 is 9.30. The van der Waals surface area contributed by atoms with Crippen LogP contribution in [-0.2, 0) is 0 Å². The summed E-state index contributed by atoms with van der Waals surface area (Å²) in [5.74, 6) is 0. The zero-order chi connectivity index (χ0) is 13.5. The van der Waals surface area contributed by atoms with Gasteiger partial charge in [0.1, 0.15) is 0 Å². The lowest BCUT2D eigenvalue weighted by molar-refractivity contribution is 1.42. The van der Waals surface area contributed by atoms with Gasteiger partial charge in [0.25, 0.3) is 0 Å². The van der Waals surface area contributed by atoms with E-state index in [9.17, 15) is 0 Å². The Balaban J connectivity index is 0.000000771. The lowest BCUT2D eigenvalue weighted by Crippen LogP contribution is -1.92. The molecule has 96 valence electrons.